The Kier molecular flexibility index (Phi) is 6.83. The number of thioether (sulfide) groups is 1. The van der Waals surface area contributed by atoms with Gasteiger partial charge in [-0.3, -0.25) is 4.79 Å². The van der Waals surface area contributed by atoms with Crippen molar-refractivity contribution in [3.63, 3.8) is 0 Å². The first kappa shape index (κ1) is 21.0. The fourth-order valence-corrected chi connectivity index (χ4v) is 5.20. The van der Waals surface area contributed by atoms with Crippen molar-refractivity contribution in [2.75, 3.05) is 11.1 Å². The standard InChI is InChI=1S/C20H18ClN5OS3/c1-2-26-17(10-15-4-3-9-28-15)24-25-20(26)30-12-18(27)23-19-22-16(11-29-19)13-5-7-14(21)8-6-13/h3-9,11H,2,10,12H2,1H3,(H,22,23,27). The van der Waals surface area contributed by atoms with E-state index in [1.165, 1.54) is 28.0 Å². The lowest BCUT2D eigenvalue weighted by molar-refractivity contribution is -0.113. The molecule has 0 aliphatic rings. The van der Waals surface area contributed by atoms with E-state index in [0.717, 1.165) is 35.2 Å². The summed E-state index contributed by atoms with van der Waals surface area (Å²) in [6.07, 6.45) is 0.748. The number of carbonyl (C=O) groups excluding carboxylic acids is 1. The summed E-state index contributed by atoms with van der Waals surface area (Å²) in [5, 5.41) is 17.4. The summed E-state index contributed by atoms with van der Waals surface area (Å²) in [7, 11) is 0. The summed E-state index contributed by atoms with van der Waals surface area (Å²) in [6.45, 7) is 2.81. The maximum atomic E-state index is 12.4. The van der Waals surface area contributed by atoms with E-state index >= 15 is 0 Å². The Hall–Kier alpha value is -2.20. The van der Waals surface area contributed by atoms with Gasteiger partial charge in [0.15, 0.2) is 10.3 Å². The van der Waals surface area contributed by atoms with Crippen LogP contribution in [-0.2, 0) is 17.8 Å². The molecule has 3 heterocycles. The molecular weight excluding hydrogens is 458 g/mol. The van der Waals surface area contributed by atoms with Gasteiger partial charge in [0, 0.05) is 33.8 Å². The summed E-state index contributed by atoms with van der Waals surface area (Å²) in [6, 6.07) is 11.6. The molecule has 0 spiro atoms. The largest absolute Gasteiger partial charge is 0.306 e. The lowest BCUT2D eigenvalue weighted by Crippen LogP contribution is -2.14. The van der Waals surface area contributed by atoms with Crippen molar-refractivity contribution in [3.05, 3.63) is 62.9 Å². The highest BCUT2D eigenvalue weighted by atomic mass is 35.5. The predicted octanol–water partition coefficient (Wildman–Crippen LogP) is 5.46. The van der Waals surface area contributed by atoms with E-state index in [2.05, 4.69) is 43.4 Å². The highest BCUT2D eigenvalue weighted by Gasteiger charge is 2.15. The zero-order chi connectivity index (χ0) is 20.9. The molecule has 1 aromatic carbocycles. The normalized spacial score (nSPS) is 11.0. The molecule has 30 heavy (non-hydrogen) atoms. The first-order valence-corrected chi connectivity index (χ1v) is 12.3. The molecule has 0 atom stereocenters. The second-order valence-corrected chi connectivity index (χ2v) is 9.55. The summed E-state index contributed by atoms with van der Waals surface area (Å²) < 4.78 is 2.06. The van der Waals surface area contributed by atoms with Crippen LogP contribution in [0, 0.1) is 0 Å². The minimum absolute atomic E-state index is 0.123. The number of anilines is 1. The number of nitrogens with one attached hydrogen (secondary N) is 1. The van der Waals surface area contributed by atoms with Crippen molar-refractivity contribution in [2.45, 2.75) is 25.0 Å². The summed E-state index contributed by atoms with van der Waals surface area (Å²) >= 11 is 10.4. The van der Waals surface area contributed by atoms with Crippen molar-refractivity contribution in [3.8, 4) is 11.3 Å². The molecule has 3 aromatic heterocycles. The number of thiophene rings is 1. The van der Waals surface area contributed by atoms with Gasteiger partial charge in [-0.25, -0.2) is 4.98 Å². The molecule has 0 radical (unpaired) electrons. The van der Waals surface area contributed by atoms with E-state index in [0.29, 0.717) is 10.2 Å². The van der Waals surface area contributed by atoms with Gasteiger partial charge >= 0.3 is 0 Å². The number of nitrogens with zero attached hydrogens (tertiary/aromatic N) is 4. The summed E-state index contributed by atoms with van der Waals surface area (Å²) in [5.74, 6) is 1.03. The van der Waals surface area contributed by atoms with Crippen LogP contribution in [0.1, 0.15) is 17.6 Å². The van der Waals surface area contributed by atoms with E-state index in [9.17, 15) is 4.79 Å². The first-order valence-electron chi connectivity index (χ1n) is 9.21. The zero-order valence-electron chi connectivity index (χ0n) is 16.0. The summed E-state index contributed by atoms with van der Waals surface area (Å²) in [5.41, 5.74) is 1.77. The Morgan fingerprint density at radius 1 is 1.20 bits per heavy atom. The maximum Gasteiger partial charge on any atom is 0.236 e. The van der Waals surface area contributed by atoms with Crippen LogP contribution < -0.4 is 5.32 Å². The van der Waals surface area contributed by atoms with Gasteiger partial charge in [0.1, 0.15) is 5.82 Å². The summed E-state index contributed by atoms with van der Waals surface area (Å²) in [4.78, 5) is 18.1. The molecular formula is C20H18ClN5OS3. The number of aromatic nitrogens is 4. The van der Waals surface area contributed by atoms with Crippen molar-refractivity contribution < 1.29 is 4.79 Å². The van der Waals surface area contributed by atoms with Gasteiger partial charge in [-0.1, -0.05) is 41.6 Å². The van der Waals surface area contributed by atoms with Gasteiger partial charge in [-0.05, 0) is 30.5 Å². The van der Waals surface area contributed by atoms with E-state index < -0.39 is 0 Å². The van der Waals surface area contributed by atoms with Crippen LogP contribution in [0.4, 0.5) is 5.13 Å². The molecule has 0 aliphatic carbocycles. The van der Waals surface area contributed by atoms with Gasteiger partial charge in [0.25, 0.3) is 0 Å². The van der Waals surface area contributed by atoms with Crippen LogP contribution in [0.5, 0.6) is 0 Å². The molecule has 0 unspecified atom stereocenters. The molecule has 1 N–H and O–H groups in total. The van der Waals surface area contributed by atoms with E-state index in [1.807, 2.05) is 35.7 Å². The number of halogens is 1. The van der Waals surface area contributed by atoms with Crippen molar-refractivity contribution in [1.29, 1.82) is 0 Å². The van der Waals surface area contributed by atoms with Gasteiger partial charge in [0.2, 0.25) is 5.91 Å². The third-order valence-corrected chi connectivity index (χ3v) is 7.10. The Bertz CT molecular complexity index is 1120. The molecule has 0 saturated carbocycles. The van der Waals surface area contributed by atoms with E-state index in [-0.39, 0.29) is 11.7 Å². The molecule has 0 bridgehead atoms. The van der Waals surface area contributed by atoms with Gasteiger partial charge in [-0.2, -0.15) is 0 Å². The quantitative estimate of drug-likeness (QED) is 0.342. The average Bonchev–Trinajstić information content (AvgIpc) is 3.49. The lowest BCUT2D eigenvalue weighted by Gasteiger charge is -2.06. The second kappa shape index (κ2) is 9.74. The van der Waals surface area contributed by atoms with Crippen LogP contribution in [0.2, 0.25) is 5.02 Å². The molecule has 0 aliphatic heterocycles. The van der Waals surface area contributed by atoms with Crippen LogP contribution >= 0.6 is 46.0 Å². The van der Waals surface area contributed by atoms with Crippen molar-refractivity contribution in [1.82, 2.24) is 19.7 Å². The third-order valence-electron chi connectivity index (χ3n) is 4.25. The third kappa shape index (κ3) is 5.10. The molecule has 4 aromatic rings. The number of thiazole rings is 1. The number of hydrogen-bond donors (Lipinski definition) is 1. The van der Waals surface area contributed by atoms with Crippen molar-refractivity contribution in [2.24, 2.45) is 0 Å². The molecule has 4 rings (SSSR count). The van der Waals surface area contributed by atoms with Gasteiger partial charge < -0.3 is 9.88 Å². The van der Waals surface area contributed by atoms with E-state index in [1.54, 1.807) is 11.3 Å². The fourth-order valence-electron chi connectivity index (χ4n) is 2.81. The number of hydrogen-bond acceptors (Lipinski definition) is 7. The molecule has 1 amide bonds. The topological polar surface area (TPSA) is 72.7 Å². The Morgan fingerprint density at radius 3 is 2.77 bits per heavy atom. The minimum Gasteiger partial charge on any atom is -0.306 e. The SMILES string of the molecule is CCn1c(Cc2cccs2)nnc1SCC(=O)Nc1nc(-c2ccc(Cl)cc2)cs1. The Morgan fingerprint density at radius 2 is 2.03 bits per heavy atom. The predicted molar refractivity (Wildman–Crippen MR) is 125 cm³/mol. The van der Waals surface area contributed by atoms with E-state index in [4.69, 9.17) is 11.6 Å². The van der Waals surface area contributed by atoms with Crippen LogP contribution in [-0.4, -0.2) is 31.4 Å². The molecule has 154 valence electrons. The smallest absolute Gasteiger partial charge is 0.236 e. The fraction of sp³-hybridized carbons (Fsp3) is 0.200. The lowest BCUT2D eigenvalue weighted by atomic mass is 10.2. The average molecular weight is 476 g/mol. The number of benzene rings is 1. The first-order chi connectivity index (χ1) is 14.6. The van der Waals surface area contributed by atoms with Crippen molar-refractivity contribution >= 4 is 57.1 Å². The number of amides is 1. The minimum atomic E-state index is -0.123. The zero-order valence-corrected chi connectivity index (χ0v) is 19.2. The second-order valence-electron chi connectivity index (χ2n) is 6.28. The number of carbonyl (C=O) groups is 1. The monoisotopic (exact) mass is 475 g/mol. The highest BCUT2D eigenvalue weighted by molar-refractivity contribution is 7.99. The number of rotatable bonds is 8. The van der Waals surface area contributed by atoms with Gasteiger partial charge in [-0.15, -0.1) is 32.9 Å². The van der Waals surface area contributed by atoms with Gasteiger partial charge in [0.05, 0.1) is 11.4 Å². The molecule has 10 heteroatoms. The molecule has 6 nitrogen and oxygen atoms in total. The highest BCUT2D eigenvalue weighted by Crippen LogP contribution is 2.26. The maximum absolute atomic E-state index is 12.4. The molecule has 0 fully saturated rings. The Balaban J connectivity index is 1.35. The van der Waals surface area contributed by atoms with Crippen LogP contribution in [0.3, 0.4) is 0 Å². The van der Waals surface area contributed by atoms with Crippen LogP contribution in [0.15, 0.2) is 52.3 Å². The van der Waals surface area contributed by atoms with Crippen LogP contribution in [0.25, 0.3) is 11.3 Å². The molecule has 0 saturated heterocycles. The Labute approximate surface area is 191 Å².